The second kappa shape index (κ2) is 6.38. The van der Waals surface area contributed by atoms with Crippen LogP contribution in [0.2, 0.25) is 0 Å². The van der Waals surface area contributed by atoms with Gasteiger partial charge in [-0.15, -0.1) is 0 Å². The number of para-hydroxylation sites is 2. The Labute approximate surface area is 117 Å². The number of nitrogens with zero attached hydrogens (tertiary/aromatic N) is 2. The van der Waals surface area contributed by atoms with Crippen molar-refractivity contribution in [3.63, 3.8) is 0 Å². The van der Waals surface area contributed by atoms with E-state index in [4.69, 9.17) is 9.47 Å². The lowest BCUT2D eigenvalue weighted by Crippen LogP contribution is -2.39. The quantitative estimate of drug-likeness (QED) is 0.481. The van der Waals surface area contributed by atoms with Crippen molar-refractivity contribution in [3.8, 4) is 5.75 Å². The maximum Gasteiger partial charge on any atom is 0.311 e. The van der Waals surface area contributed by atoms with Gasteiger partial charge in [0.2, 0.25) is 5.75 Å². The van der Waals surface area contributed by atoms with Crippen LogP contribution in [0, 0.1) is 10.1 Å². The van der Waals surface area contributed by atoms with Gasteiger partial charge in [0.25, 0.3) is 0 Å². The largest absolute Gasteiger partial charge is 0.492 e. The molecule has 0 N–H and O–H groups in total. The number of morpholine rings is 1. The van der Waals surface area contributed by atoms with E-state index in [0.29, 0.717) is 25.0 Å². The second-order valence-corrected chi connectivity index (χ2v) is 4.84. The summed E-state index contributed by atoms with van der Waals surface area (Å²) in [6, 6.07) is 6.71. The van der Waals surface area contributed by atoms with Crippen molar-refractivity contribution in [2.45, 2.75) is 19.9 Å². The highest BCUT2D eigenvalue weighted by Crippen LogP contribution is 2.26. The van der Waals surface area contributed by atoms with Crippen LogP contribution in [0.25, 0.3) is 0 Å². The van der Waals surface area contributed by atoms with Crippen LogP contribution in [0.15, 0.2) is 36.3 Å². The molecule has 1 heterocycles. The predicted molar refractivity (Wildman–Crippen MR) is 74.5 cm³/mol. The van der Waals surface area contributed by atoms with Crippen LogP contribution < -0.4 is 4.74 Å². The van der Waals surface area contributed by atoms with Gasteiger partial charge in [-0.2, -0.15) is 0 Å². The molecule has 0 radical (unpaired) electrons. The number of nitro benzene ring substituents is 1. The minimum Gasteiger partial charge on any atom is -0.492 e. The van der Waals surface area contributed by atoms with E-state index in [1.54, 1.807) is 18.2 Å². The molecule has 1 saturated heterocycles. The number of hydrogen-bond donors (Lipinski definition) is 0. The molecule has 6 nitrogen and oxygen atoms in total. The average Bonchev–Trinajstić information content (AvgIpc) is 2.45. The van der Waals surface area contributed by atoms with Crippen LogP contribution in [-0.2, 0) is 4.74 Å². The molecule has 0 aliphatic carbocycles. The lowest BCUT2D eigenvalue weighted by molar-refractivity contribution is -0.385. The Hall–Kier alpha value is -2.08. The second-order valence-electron chi connectivity index (χ2n) is 4.84. The van der Waals surface area contributed by atoms with E-state index in [1.165, 1.54) is 12.3 Å². The van der Waals surface area contributed by atoms with Gasteiger partial charge in [-0.3, -0.25) is 15.0 Å². The van der Waals surface area contributed by atoms with Crippen LogP contribution in [0.4, 0.5) is 5.69 Å². The van der Waals surface area contributed by atoms with Gasteiger partial charge in [0.05, 0.1) is 11.5 Å². The first-order valence-electron chi connectivity index (χ1n) is 6.54. The zero-order valence-corrected chi connectivity index (χ0v) is 11.6. The number of hydrogen-bond acceptors (Lipinski definition) is 5. The molecule has 1 aliphatic rings. The molecule has 1 aliphatic heterocycles. The van der Waals surface area contributed by atoms with Crippen molar-refractivity contribution >= 4 is 5.69 Å². The Morgan fingerprint density at radius 3 is 2.90 bits per heavy atom. The van der Waals surface area contributed by atoms with Gasteiger partial charge in [-0.25, -0.2) is 0 Å². The molecular weight excluding hydrogens is 260 g/mol. The van der Waals surface area contributed by atoms with Gasteiger partial charge in [0, 0.05) is 18.7 Å². The monoisotopic (exact) mass is 278 g/mol. The van der Waals surface area contributed by atoms with Crippen LogP contribution in [0.5, 0.6) is 5.75 Å². The first-order chi connectivity index (χ1) is 9.58. The fourth-order valence-corrected chi connectivity index (χ4v) is 1.97. The first-order valence-corrected chi connectivity index (χ1v) is 6.54. The van der Waals surface area contributed by atoms with Crippen molar-refractivity contribution in [2.24, 2.45) is 0 Å². The third-order valence-electron chi connectivity index (χ3n) is 3.13. The summed E-state index contributed by atoms with van der Waals surface area (Å²) in [6.07, 6.45) is 1.46. The van der Waals surface area contributed by atoms with Gasteiger partial charge < -0.3 is 9.47 Å². The third kappa shape index (κ3) is 3.48. The SMILES string of the molecule is CC(C)N1CCOC(=COc2ccccc2[N+](=O)[O-])C1. The van der Waals surface area contributed by atoms with Crippen molar-refractivity contribution in [3.05, 3.63) is 46.4 Å². The lowest BCUT2D eigenvalue weighted by atomic mass is 10.3. The van der Waals surface area contributed by atoms with Crippen LogP contribution in [-0.4, -0.2) is 35.6 Å². The van der Waals surface area contributed by atoms with Gasteiger partial charge in [0.15, 0.2) is 0 Å². The molecule has 1 fully saturated rings. The predicted octanol–water partition coefficient (Wildman–Crippen LogP) is 2.56. The van der Waals surface area contributed by atoms with E-state index < -0.39 is 4.92 Å². The molecule has 6 heteroatoms. The zero-order chi connectivity index (χ0) is 14.5. The molecule has 0 saturated carbocycles. The Balaban J connectivity index is 2.07. The van der Waals surface area contributed by atoms with E-state index in [-0.39, 0.29) is 11.4 Å². The molecular formula is C14H18N2O4. The normalized spacial score (nSPS) is 18.1. The fraction of sp³-hybridized carbons (Fsp3) is 0.429. The summed E-state index contributed by atoms with van der Waals surface area (Å²) in [7, 11) is 0. The lowest BCUT2D eigenvalue weighted by Gasteiger charge is -2.31. The van der Waals surface area contributed by atoms with E-state index >= 15 is 0 Å². The summed E-state index contributed by atoms with van der Waals surface area (Å²) in [5.74, 6) is 0.901. The molecule has 1 aromatic rings. The Morgan fingerprint density at radius 1 is 1.45 bits per heavy atom. The zero-order valence-electron chi connectivity index (χ0n) is 11.6. The van der Waals surface area contributed by atoms with Crippen molar-refractivity contribution in [1.29, 1.82) is 0 Å². The summed E-state index contributed by atoms with van der Waals surface area (Å²) in [6.45, 7) is 6.36. The smallest absolute Gasteiger partial charge is 0.311 e. The maximum atomic E-state index is 10.9. The molecule has 2 rings (SSSR count). The number of rotatable bonds is 4. The summed E-state index contributed by atoms with van der Waals surface area (Å²) in [5.41, 5.74) is -0.0547. The highest BCUT2D eigenvalue weighted by atomic mass is 16.6. The molecule has 0 atom stereocenters. The van der Waals surface area contributed by atoms with Gasteiger partial charge >= 0.3 is 5.69 Å². The molecule has 0 amide bonds. The highest BCUT2D eigenvalue weighted by molar-refractivity contribution is 5.46. The average molecular weight is 278 g/mol. The Kier molecular flexibility index (Phi) is 4.57. The highest BCUT2D eigenvalue weighted by Gasteiger charge is 2.19. The Bertz CT molecular complexity index is 514. The maximum absolute atomic E-state index is 10.9. The van der Waals surface area contributed by atoms with E-state index in [9.17, 15) is 10.1 Å². The third-order valence-corrected chi connectivity index (χ3v) is 3.13. The number of benzene rings is 1. The fourth-order valence-electron chi connectivity index (χ4n) is 1.97. The Morgan fingerprint density at radius 2 is 2.20 bits per heavy atom. The molecule has 0 spiro atoms. The van der Waals surface area contributed by atoms with E-state index in [1.807, 2.05) is 0 Å². The first kappa shape index (κ1) is 14.3. The van der Waals surface area contributed by atoms with Crippen molar-refractivity contribution < 1.29 is 14.4 Å². The van der Waals surface area contributed by atoms with Crippen LogP contribution in [0.1, 0.15) is 13.8 Å². The number of nitro groups is 1. The standard InChI is InChI=1S/C14H18N2O4/c1-11(2)15-7-8-19-12(9-15)10-20-14-6-4-3-5-13(14)16(17)18/h3-6,10-11H,7-9H2,1-2H3. The molecule has 0 bridgehead atoms. The summed E-state index contributed by atoms with van der Waals surface area (Å²) in [4.78, 5) is 12.7. The van der Waals surface area contributed by atoms with Gasteiger partial charge in [-0.1, -0.05) is 12.1 Å². The van der Waals surface area contributed by atoms with Crippen LogP contribution in [0.3, 0.4) is 0 Å². The summed E-state index contributed by atoms with van der Waals surface area (Å²) < 4.78 is 10.9. The topological polar surface area (TPSA) is 64.8 Å². The summed E-state index contributed by atoms with van der Waals surface area (Å²) >= 11 is 0. The summed E-state index contributed by atoms with van der Waals surface area (Å²) in [5, 5.41) is 10.9. The number of ether oxygens (including phenoxy) is 2. The van der Waals surface area contributed by atoms with Crippen molar-refractivity contribution in [2.75, 3.05) is 19.7 Å². The molecule has 0 aromatic heterocycles. The minimum absolute atomic E-state index is 0.0547. The van der Waals surface area contributed by atoms with Crippen LogP contribution >= 0.6 is 0 Å². The van der Waals surface area contributed by atoms with E-state index in [0.717, 1.165) is 6.54 Å². The molecule has 108 valence electrons. The van der Waals surface area contributed by atoms with Gasteiger partial charge in [-0.05, 0) is 19.9 Å². The molecule has 20 heavy (non-hydrogen) atoms. The molecule has 0 unspecified atom stereocenters. The van der Waals surface area contributed by atoms with Crippen molar-refractivity contribution in [1.82, 2.24) is 4.90 Å². The molecule has 1 aromatic carbocycles. The van der Waals surface area contributed by atoms with Gasteiger partial charge in [0.1, 0.15) is 18.6 Å². The minimum atomic E-state index is -0.462. The van der Waals surface area contributed by atoms with E-state index in [2.05, 4.69) is 18.7 Å².